The highest BCUT2D eigenvalue weighted by Crippen LogP contribution is 2.28. The number of hydrogen-bond donors (Lipinski definition) is 1. The zero-order valence-corrected chi connectivity index (χ0v) is 12.0. The van der Waals surface area contributed by atoms with Crippen molar-refractivity contribution in [2.75, 3.05) is 13.7 Å². The molecule has 0 aliphatic carbocycles. The molecule has 0 saturated carbocycles. The molecule has 0 aliphatic heterocycles. The molecule has 4 heteroatoms. The highest BCUT2D eigenvalue weighted by Gasteiger charge is 2.18. The summed E-state index contributed by atoms with van der Waals surface area (Å²) in [5.74, 6) is 0.0269. The van der Waals surface area contributed by atoms with E-state index >= 15 is 0 Å². The van der Waals surface area contributed by atoms with Crippen molar-refractivity contribution in [2.24, 2.45) is 0 Å². The molecule has 1 aromatic heterocycles. The van der Waals surface area contributed by atoms with Crippen molar-refractivity contribution in [3.05, 3.63) is 52.0 Å². The van der Waals surface area contributed by atoms with E-state index in [4.69, 9.17) is 4.74 Å². The standard InChI is InChI=1S/C15H18FNOS/c1-3-17-13(10-11-6-5-9-19-11)12-7-4-8-14(18-2)15(12)16/h4-9,13,17H,3,10H2,1-2H3. The molecule has 0 radical (unpaired) electrons. The Hall–Kier alpha value is -1.39. The minimum Gasteiger partial charge on any atom is -0.494 e. The van der Waals surface area contributed by atoms with Gasteiger partial charge in [0.2, 0.25) is 0 Å². The highest BCUT2D eigenvalue weighted by atomic mass is 32.1. The summed E-state index contributed by atoms with van der Waals surface area (Å²) in [6, 6.07) is 9.36. The maximum absolute atomic E-state index is 14.3. The van der Waals surface area contributed by atoms with E-state index in [1.54, 1.807) is 17.4 Å². The average molecular weight is 279 g/mol. The monoisotopic (exact) mass is 279 g/mol. The Labute approximate surface area is 117 Å². The molecule has 0 aliphatic rings. The van der Waals surface area contributed by atoms with Crippen LogP contribution in [0.4, 0.5) is 4.39 Å². The second-order valence-electron chi connectivity index (χ2n) is 4.26. The van der Waals surface area contributed by atoms with Gasteiger partial charge in [-0.25, -0.2) is 4.39 Å². The highest BCUT2D eigenvalue weighted by molar-refractivity contribution is 7.09. The summed E-state index contributed by atoms with van der Waals surface area (Å²) in [6.45, 7) is 2.83. The normalized spacial score (nSPS) is 12.4. The van der Waals surface area contributed by atoms with E-state index in [0.29, 0.717) is 11.3 Å². The number of halogens is 1. The molecule has 0 amide bonds. The molecule has 0 spiro atoms. The van der Waals surface area contributed by atoms with Crippen LogP contribution in [0.2, 0.25) is 0 Å². The fourth-order valence-electron chi connectivity index (χ4n) is 2.12. The average Bonchev–Trinajstić information content (AvgIpc) is 2.91. The van der Waals surface area contributed by atoms with Gasteiger partial charge in [0, 0.05) is 22.9 Å². The van der Waals surface area contributed by atoms with Crippen LogP contribution in [0.5, 0.6) is 5.75 Å². The number of thiophene rings is 1. The molecular formula is C15H18FNOS. The molecule has 2 rings (SSSR count). The van der Waals surface area contributed by atoms with E-state index in [9.17, 15) is 4.39 Å². The fraction of sp³-hybridized carbons (Fsp3) is 0.333. The third-order valence-electron chi connectivity index (χ3n) is 3.02. The molecule has 1 unspecified atom stereocenters. The maximum Gasteiger partial charge on any atom is 0.169 e. The van der Waals surface area contributed by atoms with Crippen LogP contribution in [-0.4, -0.2) is 13.7 Å². The van der Waals surface area contributed by atoms with Gasteiger partial charge in [-0.2, -0.15) is 0 Å². The molecule has 1 N–H and O–H groups in total. The van der Waals surface area contributed by atoms with Crippen molar-refractivity contribution in [1.82, 2.24) is 5.32 Å². The lowest BCUT2D eigenvalue weighted by Gasteiger charge is -2.19. The number of rotatable bonds is 6. The zero-order valence-electron chi connectivity index (χ0n) is 11.2. The summed E-state index contributed by atoms with van der Waals surface area (Å²) in [7, 11) is 1.49. The summed E-state index contributed by atoms with van der Waals surface area (Å²) in [4.78, 5) is 1.24. The molecule has 1 atom stereocenters. The minimum absolute atomic E-state index is 0.0289. The second kappa shape index (κ2) is 6.68. The van der Waals surface area contributed by atoms with Gasteiger partial charge in [-0.1, -0.05) is 25.1 Å². The summed E-state index contributed by atoms with van der Waals surface area (Å²) in [5, 5.41) is 5.38. The molecule has 102 valence electrons. The van der Waals surface area contributed by atoms with Crippen LogP contribution in [0, 0.1) is 5.82 Å². The lowest BCUT2D eigenvalue weighted by atomic mass is 10.0. The Morgan fingerprint density at radius 2 is 2.16 bits per heavy atom. The number of hydrogen-bond acceptors (Lipinski definition) is 3. The van der Waals surface area contributed by atoms with Gasteiger partial charge in [0.1, 0.15) is 0 Å². The molecule has 2 aromatic rings. The zero-order chi connectivity index (χ0) is 13.7. The first-order valence-corrected chi connectivity index (χ1v) is 7.22. The van der Waals surface area contributed by atoms with Crippen LogP contribution in [0.3, 0.4) is 0 Å². The SMILES string of the molecule is CCNC(Cc1cccs1)c1cccc(OC)c1F. The van der Waals surface area contributed by atoms with Gasteiger partial charge < -0.3 is 10.1 Å². The molecule has 0 fully saturated rings. The molecular weight excluding hydrogens is 261 g/mol. The molecule has 19 heavy (non-hydrogen) atoms. The van der Waals surface area contributed by atoms with Crippen molar-refractivity contribution in [3.8, 4) is 5.75 Å². The van der Waals surface area contributed by atoms with E-state index < -0.39 is 0 Å². The van der Waals surface area contributed by atoms with Crippen molar-refractivity contribution in [3.63, 3.8) is 0 Å². The van der Waals surface area contributed by atoms with Gasteiger partial charge in [0.15, 0.2) is 11.6 Å². The van der Waals surface area contributed by atoms with Crippen molar-refractivity contribution in [1.29, 1.82) is 0 Å². The van der Waals surface area contributed by atoms with Crippen LogP contribution in [0.15, 0.2) is 35.7 Å². The van der Waals surface area contributed by atoms with E-state index in [1.165, 1.54) is 12.0 Å². The second-order valence-corrected chi connectivity index (χ2v) is 5.29. The third kappa shape index (κ3) is 3.33. The Balaban J connectivity index is 2.28. The molecule has 0 bridgehead atoms. The topological polar surface area (TPSA) is 21.3 Å². The number of methoxy groups -OCH3 is 1. The first kappa shape index (κ1) is 14.0. The van der Waals surface area contributed by atoms with Gasteiger partial charge in [0.05, 0.1) is 7.11 Å². The minimum atomic E-state index is -0.271. The number of benzene rings is 1. The smallest absolute Gasteiger partial charge is 0.169 e. The summed E-state index contributed by atoms with van der Waals surface area (Å²) in [6.07, 6.45) is 0.787. The first-order chi connectivity index (χ1) is 9.26. The van der Waals surface area contributed by atoms with Gasteiger partial charge in [-0.15, -0.1) is 11.3 Å². The quantitative estimate of drug-likeness (QED) is 0.868. The summed E-state index contributed by atoms with van der Waals surface area (Å²) in [5.41, 5.74) is 0.662. The molecule has 1 aromatic carbocycles. The number of nitrogens with one attached hydrogen (secondary N) is 1. The molecule has 1 heterocycles. The van der Waals surface area contributed by atoms with Gasteiger partial charge >= 0.3 is 0 Å². The van der Waals surface area contributed by atoms with Crippen LogP contribution in [-0.2, 0) is 6.42 Å². The van der Waals surface area contributed by atoms with Crippen molar-refractivity contribution in [2.45, 2.75) is 19.4 Å². The Morgan fingerprint density at radius 1 is 1.32 bits per heavy atom. The number of ether oxygens (including phenoxy) is 1. The van der Waals surface area contributed by atoms with Gasteiger partial charge in [-0.3, -0.25) is 0 Å². The fourth-order valence-corrected chi connectivity index (χ4v) is 2.87. The lowest BCUT2D eigenvalue weighted by Crippen LogP contribution is -2.23. The molecule has 2 nitrogen and oxygen atoms in total. The van der Waals surface area contributed by atoms with Crippen molar-refractivity contribution >= 4 is 11.3 Å². The summed E-state index contributed by atoms with van der Waals surface area (Å²) >= 11 is 1.69. The van der Waals surface area contributed by atoms with Crippen molar-refractivity contribution < 1.29 is 9.13 Å². The Kier molecular flexibility index (Phi) is 4.93. The van der Waals surface area contributed by atoms with Gasteiger partial charge in [-0.05, 0) is 24.1 Å². The van der Waals surface area contributed by atoms with E-state index in [1.807, 2.05) is 30.5 Å². The Bertz CT molecular complexity index is 513. The largest absolute Gasteiger partial charge is 0.494 e. The van der Waals surface area contributed by atoms with E-state index in [-0.39, 0.29) is 11.9 Å². The lowest BCUT2D eigenvalue weighted by molar-refractivity contribution is 0.379. The Morgan fingerprint density at radius 3 is 2.79 bits per heavy atom. The van der Waals surface area contributed by atoms with Crippen LogP contribution < -0.4 is 10.1 Å². The first-order valence-electron chi connectivity index (χ1n) is 6.34. The van der Waals surface area contributed by atoms with Crippen LogP contribution in [0.25, 0.3) is 0 Å². The number of likely N-dealkylation sites (N-methyl/N-ethyl adjacent to an activating group) is 1. The maximum atomic E-state index is 14.3. The van der Waals surface area contributed by atoms with Gasteiger partial charge in [0.25, 0.3) is 0 Å². The van der Waals surface area contributed by atoms with Crippen LogP contribution in [0.1, 0.15) is 23.4 Å². The predicted molar refractivity (Wildman–Crippen MR) is 77.4 cm³/mol. The predicted octanol–water partition coefficient (Wildman–Crippen LogP) is 3.79. The third-order valence-corrected chi connectivity index (χ3v) is 3.92. The van der Waals surface area contributed by atoms with Crippen LogP contribution >= 0.6 is 11.3 Å². The molecule has 0 saturated heterocycles. The van der Waals surface area contributed by atoms with E-state index in [2.05, 4.69) is 11.4 Å². The summed E-state index contributed by atoms with van der Waals surface area (Å²) < 4.78 is 19.4. The van der Waals surface area contributed by atoms with E-state index in [0.717, 1.165) is 13.0 Å².